The molecule has 0 bridgehead atoms. The molecule has 0 atom stereocenters. The number of nitrogens with zero attached hydrogens (tertiary/aromatic N) is 4. The monoisotopic (exact) mass is 635 g/mol. The average molecular weight is 636 g/mol. The lowest BCUT2D eigenvalue weighted by Crippen LogP contribution is -2.46. The molecule has 7 rings (SSSR count). The molecule has 8 heteroatoms. The van der Waals surface area contributed by atoms with E-state index < -0.39 is 0 Å². The summed E-state index contributed by atoms with van der Waals surface area (Å²) in [6.45, 7) is 7.06. The smallest absolute Gasteiger partial charge is 0.120 e. The Balaban J connectivity index is 0.970. The molecule has 1 aromatic heterocycles. The first-order chi connectivity index (χ1) is 22.4. The zero-order chi connectivity index (χ0) is 31.6. The van der Waals surface area contributed by atoms with E-state index in [0.29, 0.717) is 23.4 Å². The highest BCUT2D eigenvalue weighted by molar-refractivity contribution is 6.31. The molecule has 0 spiro atoms. The molecule has 46 heavy (non-hydrogen) atoms. The summed E-state index contributed by atoms with van der Waals surface area (Å²) in [7, 11) is 3.96. The number of piperazine rings is 1. The molecule has 4 aromatic carbocycles. The Morgan fingerprint density at radius 3 is 2.41 bits per heavy atom. The molecule has 0 unspecified atom stereocenters. The Kier molecular flexibility index (Phi) is 9.00. The standard InChI is InChI=1S/C38H42ClN5O2/c1-42(31-21-26-6-3-4-7-27(26)22-31)14-5-15-43-16-18-44(19-17-43)25-28-20-30(9-13-37(28)45)40-38-33-11-8-29(39)23-36(33)41-35-12-10-32(46-2)24-34(35)38/h3-4,6-13,20,23-24,31,45H,5,14-19,21-22,25H2,1-2H3,(H,40,41). The van der Waals surface area contributed by atoms with Gasteiger partial charge in [-0.15, -0.1) is 0 Å². The molecule has 2 aliphatic rings. The van der Waals surface area contributed by atoms with Gasteiger partial charge in [0.2, 0.25) is 0 Å². The number of fused-ring (bicyclic) bond motifs is 3. The molecule has 1 aliphatic carbocycles. The van der Waals surface area contributed by atoms with E-state index in [1.165, 1.54) is 30.4 Å². The molecule has 0 saturated carbocycles. The molecule has 0 amide bonds. The zero-order valence-electron chi connectivity index (χ0n) is 26.7. The van der Waals surface area contributed by atoms with Crippen LogP contribution in [0.15, 0.2) is 78.9 Å². The number of anilines is 2. The van der Waals surface area contributed by atoms with Crippen LogP contribution in [0, 0.1) is 0 Å². The van der Waals surface area contributed by atoms with Crippen LogP contribution in [0.25, 0.3) is 21.8 Å². The minimum Gasteiger partial charge on any atom is -0.508 e. The molecule has 7 nitrogen and oxygen atoms in total. The van der Waals surface area contributed by atoms with E-state index in [9.17, 15) is 5.11 Å². The first kappa shape index (κ1) is 30.8. The molecule has 1 aliphatic heterocycles. The van der Waals surface area contributed by atoms with E-state index in [2.05, 4.69) is 57.4 Å². The van der Waals surface area contributed by atoms with Crippen LogP contribution in [0.4, 0.5) is 11.4 Å². The Morgan fingerprint density at radius 1 is 0.891 bits per heavy atom. The van der Waals surface area contributed by atoms with Gasteiger partial charge in [0.1, 0.15) is 11.5 Å². The van der Waals surface area contributed by atoms with Crippen LogP contribution < -0.4 is 10.1 Å². The van der Waals surface area contributed by atoms with Crippen molar-refractivity contribution in [1.29, 1.82) is 0 Å². The molecule has 2 N–H and O–H groups in total. The summed E-state index contributed by atoms with van der Waals surface area (Å²) in [5.74, 6) is 1.09. The number of rotatable bonds is 10. The third-order valence-electron chi connectivity index (χ3n) is 9.79. The van der Waals surface area contributed by atoms with Crippen LogP contribution in [0.1, 0.15) is 23.1 Å². The summed E-state index contributed by atoms with van der Waals surface area (Å²) in [5, 5.41) is 17.1. The number of aromatic hydroxyl groups is 1. The summed E-state index contributed by atoms with van der Waals surface area (Å²) >= 11 is 6.33. The Hall–Kier alpha value is -3.88. The van der Waals surface area contributed by atoms with Crippen molar-refractivity contribution in [2.75, 3.05) is 58.7 Å². The zero-order valence-corrected chi connectivity index (χ0v) is 27.4. The van der Waals surface area contributed by atoms with Gasteiger partial charge in [0.15, 0.2) is 0 Å². The number of hydrogen-bond donors (Lipinski definition) is 2. The van der Waals surface area contributed by atoms with Gasteiger partial charge in [-0.3, -0.25) is 4.90 Å². The number of benzene rings is 4. The normalized spacial score (nSPS) is 16.0. The van der Waals surface area contributed by atoms with E-state index in [4.69, 9.17) is 21.3 Å². The number of nitrogens with one attached hydrogen (secondary N) is 1. The second-order valence-electron chi connectivity index (χ2n) is 12.8. The Morgan fingerprint density at radius 2 is 1.65 bits per heavy atom. The fraction of sp³-hybridized carbons (Fsp3) is 0.342. The second kappa shape index (κ2) is 13.5. The number of likely N-dealkylation sites (N-methyl/N-ethyl adjacent to an activating group) is 1. The van der Waals surface area contributed by atoms with Crippen molar-refractivity contribution in [2.45, 2.75) is 31.8 Å². The number of pyridine rings is 1. The fourth-order valence-electron chi connectivity index (χ4n) is 7.08. The minimum absolute atomic E-state index is 0.322. The summed E-state index contributed by atoms with van der Waals surface area (Å²) < 4.78 is 5.53. The summed E-state index contributed by atoms with van der Waals surface area (Å²) in [6.07, 6.45) is 3.54. The topological polar surface area (TPSA) is 64.1 Å². The van der Waals surface area contributed by atoms with Crippen LogP contribution in [0.2, 0.25) is 5.02 Å². The summed E-state index contributed by atoms with van der Waals surface area (Å²) in [5.41, 5.74) is 7.48. The Bertz CT molecular complexity index is 1830. The molecule has 5 aromatic rings. The van der Waals surface area contributed by atoms with E-state index in [0.717, 1.165) is 83.8 Å². The molecule has 2 heterocycles. The lowest BCUT2D eigenvalue weighted by atomic mass is 10.1. The van der Waals surface area contributed by atoms with E-state index in [1.807, 2.05) is 42.5 Å². The third-order valence-corrected chi connectivity index (χ3v) is 10.0. The van der Waals surface area contributed by atoms with Gasteiger partial charge in [-0.1, -0.05) is 35.9 Å². The molecular weight excluding hydrogens is 594 g/mol. The first-order valence-electron chi connectivity index (χ1n) is 16.3. The number of ether oxygens (including phenoxy) is 1. The van der Waals surface area contributed by atoms with E-state index in [-0.39, 0.29) is 0 Å². The molecule has 0 radical (unpaired) electrons. The lowest BCUT2D eigenvalue weighted by molar-refractivity contribution is 0.120. The van der Waals surface area contributed by atoms with Crippen molar-refractivity contribution in [1.82, 2.24) is 19.7 Å². The van der Waals surface area contributed by atoms with Crippen LogP contribution >= 0.6 is 11.6 Å². The van der Waals surface area contributed by atoms with Gasteiger partial charge >= 0.3 is 0 Å². The highest BCUT2D eigenvalue weighted by Gasteiger charge is 2.24. The van der Waals surface area contributed by atoms with Crippen molar-refractivity contribution in [3.05, 3.63) is 101 Å². The largest absolute Gasteiger partial charge is 0.508 e. The number of halogens is 1. The van der Waals surface area contributed by atoms with Gasteiger partial charge in [-0.25, -0.2) is 4.98 Å². The van der Waals surface area contributed by atoms with E-state index >= 15 is 0 Å². The second-order valence-corrected chi connectivity index (χ2v) is 13.2. The van der Waals surface area contributed by atoms with Crippen LogP contribution in [0.5, 0.6) is 11.5 Å². The number of methoxy groups -OCH3 is 1. The van der Waals surface area contributed by atoms with Gasteiger partial charge in [0.25, 0.3) is 0 Å². The number of phenolic OH excluding ortho intramolecular Hbond substituents is 1. The predicted octanol–water partition coefficient (Wildman–Crippen LogP) is 7.11. The highest BCUT2D eigenvalue weighted by Crippen LogP contribution is 2.37. The third kappa shape index (κ3) is 6.65. The van der Waals surface area contributed by atoms with Crippen molar-refractivity contribution >= 4 is 44.8 Å². The van der Waals surface area contributed by atoms with Crippen molar-refractivity contribution < 1.29 is 9.84 Å². The lowest BCUT2D eigenvalue weighted by Gasteiger charge is -2.35. The predicted molar refractivity (Wildman–Crippen MR) is 189 cm³/mol. The Labute approximate surface area is 276 Å². The van der Waals surface area contributed by atoms with Crippen LogP contribution in [-0.2, 0) is 19.4 Å². The molecular formula is C38H42ClN5O2. The highest BCUT2D eigenvalue weighted by atomic mass is 35.5. The fourth-order valence-corrected chi connectivity index (χ4v) is 7.24. The van der Waals surface area contributed by atoms with Gasteiger partial charge < -0.3 is 25.0 Å². The van der Waals surface area contributed by atoms with Gasteiger partial charge in [-0.2, -0.15) is 0 Å². The van der Waals surface area contributed by atoms with Gasteiger partial charge in [0.05, 0.1) is 23.8 Å². The maximum atomic E-state index is 10.8. The summed E-state index contributed by atoms with van der Waals surface area (Å²) in [6, 6.07) is 27.0. The quantitative estimate of drug-likeness (QED) is 0.125. The maximum absolute atomic E-state index is 10.8. The van der Waals surface area contributed by atoms with Crippen molar-refractivity contribution in [3.63, 3.8) is 0 Å². The van der Waals surface area contributed by atoms with Crippen molar-refractivity contribution in [2.24, 2.45) is 0 Å². The number of phenols is 1. The molecule has 238 valence electrons. The molecule has 1 saturated heterocycles. The minimum atomic E-state index is 0.322. The first-order valence-corrected chi connectivity index (χ1v) is 16.7. The number of aromatic nitrogens is 1. The van der Waals surface area contributed by atoms with Crippen LogP contribution in [0.3, 0.4) is 0 Å². The SMILES string of the molecule is COc1ccc2nc3cc(Cl)ccc3c(Nc3ccc(O)c(CN4CCN(CCCN(C)C5Cc6ccccc6C5)CC4)c3)c2c1. The molecule has 1 fully saturated rings. The van der Waals surface area contributed by atoms with Crippen molar-refractivity contribution in [3.8, 4) is 11.5 Å². The van der Waals surface area contributed by atoms with Crippen LogP contribution in [-0.4, -0.2) is 84.3 Å². The summed E-state index contributed by atoms with van der Waals surface area (Å²) in [4.78, 5) is 12.4. The maximum Gasteiger partial charge on any atom is 0.120 e. The van der Waals surface area contributed by atoms with Gasteiger partial charge in [0, 0.05) is 65.8 Å². The van der Waals surface area contributed by atoms with Gasteiger partial charge in [-0.05, 0) is 105 Å². The average Bonchev–Trinajstić information content (AvgIpc) is 3.51. The van der Waals surface area contributed by atoms with E-state index in [1.54, 1.807) is 13.2 Å². The number of hydrogen-bond acceptors (Lipinski definition) is 7.